The van der Waals surface area contributed by atoms with E-state index in [1.165, 1.54) is 0 Å². The van der Waals surface area contributed by atoms with E-state index in [9.17, 15) is 0 Å². The molecule has 1 rings (SSSR count). The third kappa shape index (κ3) is 2.46. The standard InChI is InChI=1S/C17H34OSi/c1-11-12(2)15-13(3)14(4)19(18-15,16(5,6)7)17(8,9)10/h11-15H,1H2,2-10H3/t12-,13+,14+,15-/m1/s1. The second-order valence-electron chi connectivity index (χ2n) is 8.56. The molecule has 0 saturated carbocycles. The topological polar surface area (TPSA) is 9.23 Å². The van der Waals surface area contributed by atoms with Crippen LogP contribution in [0.2, 0.25) is 15.6 Å². The highest BCUT2D eigenvalue weighted by molar-refractivity contribution is 6.81. The lowest BCUT2D eigenvalue weighted by Gasteiger charge is -2.51. The number of rotatable bonds is 2. The molecule has 19 heavy (non-hydrogen) atoms. The molecule has 1 saturated heterocycles. The van der Waals surface area contributed by atoms with Crippen LogP contribution in [0.25, 0.3) is 0 Å². The third-order valence-corrected chi connectivity index (χ3v) is 12.3. The van der Waals surface area contributed by atoms with Gasteiger partial charge in [0.2, 0.25) is 8.32 Å². The molecule has 1 heterocycles. The lowest BCUT2D eigenvalue weighted by Crippen LogP contribution is -2.55. The molecule has 0 aromatic rings. The second-order valence-corrected chi connectivity index (χ2v) is 14.2. The zero-order valence-electron chi connectivity index (χ0n) is 14.5. The molecule has 0 amide bonds. The first kappa shape index (κ1) is 17.0. The zero-order valence-corrected chi connectivity index (χ0v) is 15.5. The molecule has 0 radical (unpaired) electrons. The van der Waals surface area contributed by atoms with Crippen LogP contribution in [-0.4, -0.2) is 14.4 Å². The Morgan fingerprint density at radius 2 is 1.47 bits per heavy atom. The van der Waals surface area contributed by atoms with Crippen LogP contribution in [0.5, 0.6) is 0 Å². The molecule has 4 atom stereocenters. The maximum Gasteiger partial charge on any atom is 0.206 e. The van der Waals surface area contributed by atoms with Crippen LogP contribution < -0.4 is 0 Å². The Hall–Kier alpha value is -0.0831. The fourth-order valence-electron chi connectivity index (χ4n) is 4.65. The van der Waals surface area contributed by atoms with Gasteiger partial charge in [0.1, 0.15) is 0 Å². The highest BCUT2D eigenvalue weighted by atomic mass is 28.4. The molecule has 0 aromatic heterocycles. The summed E-state index contributed by atoms with van der Waals surface area (Å²) in [6.07, 6.45) is 2.40. The van der Waals surface area contributed by atoms with Crippen LogP contribution in [0, 0.1) is 11.8 Å². The van der Waals surface area contributed by atoms with Gasteiger partial charge in [0.15, 0.2) is 0 Å². The van der Waals surface area contributed by atoms with E-state index >= 15 is 0 Å². The summed E-state index contributed by atoms with van der Waals surface area (Å²) in [5, 5.41) is 0.517. The summed E-state index contributed by atoms with van der Waals surface area (Å²) in [6, 6.07) is 0. The highest BCUT2D eigenvalue weighted by Gasteiger charge is 2.65. The van der Waals surface area contributed by atoms with Gasteiger partial charge in [0.25, 0.3) is 0 Å². The Morgan fingerprint density at radius 1 is 1.05 bits per heavy atom. The Balaban J connectivity index is 3.32. The molecule has 0 aromatic carbocycles. The zero-order chi connectivity index (χ0) is 15.2. The Bertz CT molecular complexity index is 320. The fourth-order valence-corrected chi connectivity index (χ4v) is 12.3. The Kier molecular flexibility index (Phi) is 4.50. The van der Waals surface area contributed by atoms with Crippen molar-refractivity contribution in [3.8, 4) is 0 Å². The SMILES string of the molecule is C=C[C@@H](C)[C@H]1O[Si](C(C)(C)C)(C(C)(C)C)[C@@H](C)[C@@H]1C. The average Bonchev–Trinajstić information content (AvgIpc) is 2.51. The molecule has 0 bridgehead atoms. The third-order valence-electron chi connectivity index (χ3n) is 5.39. The molecule has 112 valence electrons. The first-order chi connectivity index (χ1) is 8.40. The van der Waals surface area contributed by atoms with Crippen molar-refractivity contribution in [2.45, 2.75) is 84.0 Å². The van der Waals surface area contributed by atoms with Crippen LogP contribution in [0.1, 0.15) is 62.3 Å². The van der Waals surface area contributed by atoms with Crippen molar-refractivity contribution in [3.05, 3.63) is 12.7 Å². The van der Waals surface area contributed by atoms with Crippen molar-refractivity contribution in [2.24, 2.45) is 11.8 Å². The van der Waals surface area contributed by atoms with E-state index in [0.717, 1.165) is 0 Å². The molecule has 1 aliphatic rings. The molecule has 0 spiro atoms. The van der Waals surface area contributed by atoms with Crippen molar-refractivity contribution >= 4 is 8.32 Å². The van der Waals surface area contributed by atoms with Crippen LogP contribution in [0.15, 0.2) is 12.7 Å². The minimum atomic E-state index is -1.89. The van der Waals surface area contributed by atoms with Gasteiger partial charge in [-0.15, -0.1) is 6.58 Å². The first-order valence-electron chi connectivity index (χ1n) is 7.70. The van der Waals surface area contributed by atoms with Crippen molar-refractivity contribution in [1.82, 2.24) is 0 Å². The Morgan fingerprint density at radius 3 is 1.74 bits per heavy atom. The second kappa shape index (κ2) is 5.03. The van der Waals surface area contributed by atoms with Gasteiger partial charge in [-0.1, -0.05) is 68.4 Å². The molecule has 1 nitrogen and oxygen atoms in total. The molecule has 0 aliphatic carbocycles. The fraction of sp³-hybridized carbons (Fsp3) is 0.882. The van der Waals surface area contributed by atoms with Crippen LogP contribution in [0.4, 0.5) is 0 Å². The Labute approximate surface area is 122 Å². The lowest BCUT2D eigenvalue weighted by atomic mass is 9.91. The molecular formula is C17H34OSi. The molecule has 0 unspecified atom stereocenters. The summed E-state index contributed by atoms with van der Waals surface area (Å²) in [7, 11) is -1.89. The quantitative estimate of drug-likeness (QED) is 0.461. The summed E-state index contributed by atoms with van der Waals surface area (Å²) in [6.45, 7) is 25.3. The van der Waals surface area contributed by atoms with Crippen LogP contribution in [-0.2, 0) is 4.43 Å². The average molecular weight is 283 g/mol. The monoisotopic (exact) mass is 282 g/mol. The van der Waals surface area contributed by atoms with Gasteiger partial charge in [-0.25, -0.2) is 0 Å². The minimum absolute atomic E-state index is 0.258. The van der Waals surface area contributed by atoms with E-state index in [-0.39, 0.29) is 10.1 Å². The van der Waals surface area contributed by atoms with Gasteiger partial charge in [-0.2, -0.15) is 0 Å². The summed E-state index contributed by atoms with van der Waals surface area (Å²) in [4.78, 5) is 0. The van der Waals surface area contributed by atoms with Gasteiger partial charge < -0.3 is 4.43 Å². The van der Waals surface area contributed by atoms with E-state index < -0.39 is 8.32 Å². The number of hydrogen-bond donors (Lipinski definition) is 0. The summed E-state index contributed by atoms with van der Waals surface area (Å²) in [5.74, 6) is 1.06. The molecule has 1 aliphatic heterocycles. The maximum atomic E-state index is 6.92. The predicted octanol–water partition coefficient (Wildman–Crippen LogP) is 5.78. The van der Waals surface area contributed by atoms with E-state index in [2.05, 4.69) is 75.0 Å². The maximum absolute atomic E-state index is 6.92. The van der Waals surface area contributed by atoms with Gasteiger partial charge in [0.05, 0.1) is 6.10 Å². The summed E-state index contributed by atoms with van der Waals surface area (Å²) < 4.78 is 6.92. The molecule has 2 heteroatoms. The normalized spacial score (nSPS) is 33.2. The summed E-state index contributed by atoms with van der Waals surface area (Å²) in [5.41, 5.74) is 0.680. The lowest BCUT2D eigenvalue weighted by molar-refractivity contribution is 0.130. The van der Waals surface area contributed by atoms with Gasteiger partial charge >= 0.3 is 0 Å². The molecular weight excluding hydrogens is 248 g/mol. The van der Waals surface area contributed by atoms with Crippen molar-refractivity contribution in [3.63, 3.8) is 0 Å². The van der Waals surface area contributed by atoms with Crippen molar-refractivity contribution < 1.29 is 4.43 Å². The van der Waals surface area contributed by atoms with E-state index in [0.29, 0.717) is 23.5 Å². The van der Waals surface area contributed by atoms with E-state index in [1.807, 2.05) is 0 Å². The highest BCUT2D eigenvalue weighted by Crippen LogP contribution is 2.64. The van der Waals surface area contributed by atoms with Gasteiger partial charge in [0, 0.05) is 0 Å². The van der Waals surface area contributed by atoms with E-state index in [1.54, 1.807) is 0 Å². The predicted molar refractivity (Wildman–Crippen MR) is 88.0 cm³/mol. The first-order valence-corrected chi connectivity index (χ1v) is 9.69. The van der Waals surface area contributed by atoms with Crippen molar-refractivity contribution in [1.29, 1.82) is 0 Å². The minimum Gasteiger partial charge on any atom is -0.412 e. The molecule has 1 fully saturated rings. The van der Waals surface area contributed by atoms with Crippen LogP contribution in [0.3, 0.4) is 0 Å². The van der Waals surface area contributed by atoms with Gasteiger partial charge in [-0.3, -0.25) is 0 Å². The summed E-state index contributed by atoms with van der Waals surface area (Å²) >= 11 is 0. The van der Waals surface area contributed by atoms with Crippen LogP contribution >= 0.6 is 0 Å². The largest absolute Gasteiger partial charge is 0.412 e. The van der Waals surface area contributed by atoms with Gasteiger partial charge in [-0.05, 0) is 27.5 Å². The molecule has 0 N–H and O–H groups in total. The van der Waals surface area contributed by atoms with E-state index in [4.69, 9.17) is 4.43 Å². The van der Waals surface area contributed by atoms with Crippen molar-refractivity contribution in [2.75, 3.05) is 0 Å². The smallest absolute Gasteiger partial charge is 0.206 e. The number of hydrogen-bond acceptors (Lipinski definition) is 1.